The Labute approximate surface area is 120 Å². The molecule has 0 saturated carbocycles. The molecule has 106 valence electrons. The van der Waals surface area contributed by atoms with E-state index in [-0.39, 0.29) is 11.8 Å². The zero-order chi connectivity index (χ0) is 14.5. The molecular weight excluding hydrogens is 252 g/mol. The predicted molar refractivity (Wildman–Crippen MR) is 76.4 cm³/mol. The summed E-state index contributed by atoms with van der Waals surface area (Å²) in [5.74, 6) is 0.830. The van der Waals surface area contributed by atoms with Crippen LogP contribution in [0.4, 0.5) is 0 Å². The number of piperidine rings is 1. The summed E-state index contributed by atoms with van der Waals surface area (Å²) in [6.45, 7) is 3.32. The van der Waals surface area contributed by atoms with Gasteiger partial charge >= 0.3 is 0 Å². The molecule has 1 aromatic rings. The number of ketones is 1. The van der Waals surface area contributed by atoms with Gasteiger partial charge in [0.15, 0.2) is 0 Å². The van der Waals surface area contributed by atoms with Gasteiger partial charge in [-0.2, -0.15) is 5.26 Å². The number of rotatable bonds is 4. The number of carbonyl (C=O) groups excluding carboxylic acids is 1. The third-order valence-electron chi connectivity index (χ3n) is 3.85. The summed E-state index contributed by atoms with van der Waals surface area (Å²) in [7, 11) is 1.56. The van der Waals surface area contributed by atoms with E-state index in [0.29, 0.717) is 17.9 Å². The van der Waals surface area contributed by atoms with Crippen LogP contribution >= 0.6 is 0 Å². The Hall–Kier alpha value is -1.86. The number of hydrogen-bond acceptors (Lipinski definition) is 4. The lowest BCUT2D eigenvalue weighted by atomic mass is 9.98. The van der Waals surface area contributed by atoms with Gasteiger partial charge in [0.1, 0.15) is 17.6 Å². The van der Waals surface area contributed by atoms with Gasteiger partial charge in [0.2, 0.25) is 0 Å². The average molecular weight is 272 g/mol. The maximum atomic E-state index is 11.7. The highest BCUT2D eigenvalue weighted by Crippen LogP contribution is 2.23. The van der Waals surface area contributed by atoms with Crippen molar-refractivity contribution in [3.63, 3.8) is 0 Å². The molecule has 1 fully saturated rings. The van der Waals surface area contributed by atoms with E-state index in [9.17, 15) is 4.79 Å². The summed E-state index contributed by atoms with van der Waals surface area (Å²) in [5, 5.41) is 9.12. The zero-order valence-electron chi connectivity index (χ0n) is 12.1. The third kappa shape index (κ3) is 3.17. The molecule has 0 spiro atoms. The Morgan fingerprint density at radius 2 is 2.30 bits per heavy atom. The molecule has 1 atom stereocenters. The molecule has 1 saturated heterocycles. The normalized spacial score (nSPS) is 19.4. The second-order valence-electron chi connectivity index (χ2n) is 5.24. The van der Waals surface area contributed by atoms with Crippen molar-refractivity contribution in [3.05, 3.63) is 29.3 Å². The summed E-state index contributed by atoms with van der Waals surface area (Å²) in [5.41, 5.74) is 1.59. The second-order valence-corrected chi connectivity index (χ2v) is 5.24. The highest BCUT2D eigenvalue weighted by molar-refractivity contribution is 5.81. The first-order valence-electron chi connectivity index (χ1n) is 6.97. The minimum Gasteiger partial charge on any atom is -0.495 e. The fourth-order valence-electron chi connectivity index (χ4n) is 2.82. The number of carbonyl (C=O) groups is 1. The van der Waals surface area contributed by atoms with E-state index in [0.717, 1.165) is 31.4 Å². The van der Waals surface area contributed by atoms with E-state index in [1.807, 2.05) is 18.2 Å². The zero-order valence-corrected chi connectivity index (χ0v) is 12.1. The second kappa shape index (κ2) is 6.53. The molecule has 0 radical (unpaired) electrons. The first-order valence-corrected chi connectivity index (χ1v) is 6.97. The molecule has 20 heavy (non-hydrogen) atoms. The number of benzene rings is 1. The van der Waals surface area contributed by atoms with Crippen LogP contribution in [-0.4, -0.2) is 30.4 Å². The maximum absolute atomic E-state index is 11.7. The van der Waals surface area contributed by atoms with Crippen LogP contribution in [-0.2, 0) is 11.3 Å². The summed E-state index contributed by atoms with van der Waals surface area (Å²) in [4.78, 5) is 13.9. The molecule has 0 aromatic heterocycles. The highest BCUT2D eigenvalue weighted by Gasteiger charge is 2.25. The summed E-state index contributed by atoms with van der Waals surface area (Å²) >= 11 is 0. The fourth-order valence-corrected chi connectivity index (χ4v) is 2.82. The quantitative estimate of drug-likeness (QED) is 0.845. The largest absolute Gasteiger partial charge is 0.495 e. The van der Waals surface area contributed by atoms with E-state index < -0.39 is 0 Å². The standard InChI is InChI=1S/C16H20N2O2/c1-12(19)15-5-3-4-8-18(15)11-13-6-7-16(20-2)14(9-13)10-17/h6-7,9,15H,3-5,8,11H2,1-2H3. The lowest BCUT2D eigenvalue weighted by molar-refractivity contribution is -0.123. The van der Waals surface area contributed by atoms with Crippen molar-refractivity contribution in [1.29, 1.82) is 5.26 Å². The Bertz CT molecular complexity index is 534. The fraction of sp³-hybridized carbons (Fsp3) is 0.500. The van der Waals surface area contributed by atoms with Gasteiger partial charge in [-0.3, -0.25) is 9.69 Å². The smallest absolute Gasteiger partial charge is 0.146 e. The summed E-state index contributed by atoms with van der Waals surface area (Å²) < 4.78 is 5.15. The molecule has 1 aliphatic heterocycles. The molecule has 0 N–H and O–H groups in total. The Morgan fingerprint density at radius 1 is 1.50 bits per heavy atom. The molecule has 1 aliphatic rings. The molecule has 2 rings (SSSR count). The number of nitriles is 1. The van der Waals surface area contributed by atoms with Crippen molar-refractivity contribution < 1.29 is 9.53 Å². The van der Waals surface area contributed by atoms with Crippen LogP contribution in [0.25, 0.3) is 0 Å². The number of hydrogen-bond donors (Lipinski definition) is 0. The van der Waals surface area contributed by atoms with Crippen LogP contribution in [0, 0.1) is 11.3 Å². The van der Waals surface area contributed by atoms with E-state index in [1.54, 1.807) is 14.0 Å². The number of Topliss-reactive ketones (excluding diaryl/α,β-unsaturated/α-hetero) is 1. The first kappa shape index (κ1) is 14.5. The van der Waals surface area contributed by atoms with Crippen LogP contribution in [0.3, 0.4) is 0 Å². The first-order chi connectivity index (χ1) is 9.65. The molecule has 4 heteroatoms. The van der Waals surface area contributed by atoms with E-state index in [1.165, 1.54) is 0 Å². The topological polar surface area (TPSA) is 53.3 Å². The number of methoxy groups -OCH3 is 1. The molecule has 0 amide bonds. The summed E-state index contributed by atoms with van der Waals surface area (Å²) in [6, 6.07) is 7.81. The molecule has 1 aromatic carbocycles. The van der Waals surface area contributed by atoms with Gasteiger partial charge in [-0.1, -0.05) is 12.5 Å². The third-order valence-corrected chi connectivity index (χ3v) is 3.85. The molecule has 0 aliphatic carbocycles. The monoisotopic (exact) mass is 272 g/mol. The lowest BCUT2D eigenvalue weighted by Crippen LogP contribution is -2.43. The van der Waals surface area contributed by atoms with E-state index in [4.69, 9.17) is 10.00 Å². The van der Waals surface area contributed by atoms with Crippen molar-refractivity contribution in [1.82, 2.24) is 4.90 Å². The van der Waals surface area contributed by atoms with Crippen LogP contribution in [0.1, 0.15) is 37.3 Å². The Morgan fingerprint density at radius 3 is 2.95 bits per heavy atom. The van der Waals surface area contributed by atoms with Gasteiger partial charge < -0.3 is 4.74 Å². The minimum atomic E-state index is 0.0244. The van der Waals surface area contributed by atoms with Crippen LogP contribution in [0.2, 0.25) is 0 Å². The maximum Gasteiger partial charge on any atom is 0.146 e. The summed E-state index contributed by atoms with van der Waals surface area (Å²) in [6.07, 6.45) is 3.19. The predicted octanol–water partition coefficient (Wildman–Crippen LogP) is 2.51. The lowest BCUT2D eigenvalue weighted by Gasteiger charge is -2.34. The number of ether oxygens (including phenoxy) is 1. The van der Waals surface area contributed by atoms with Gasteiger partial charge in [0, 0.05) is 6.54 Å². The SMILES string of the molecule is COc1ccc(CN2CCCCC2C(C)=O)cc1C#N. The van der Waals surface area contributed by atoms with Crippen molar-refractivity contribution in [2.75, 3.05) is 13.7 Å². The van der Waals surface area contributed by atoms with Crippen LogP contribution < -0.4 is 4.74 Å². The van der Waals surface area contributed by atoms with Gasteiger partial charge in [0.25, 0.3) is 0 Å². The number of nitrogens with zero attached hydrogens (tertiary/aromatic N) is 2. The van der Waals surface area contributed by atoms with Crippen molar-refractivity contribution >= 4 is 5.78 Å². The van der Waals surface area contributed by atoms with E-state index in [2.05, 4.69) is 11.0 Å². The average Bonchev–Trinajstić information content (AvgIpc) is 2.47. The molecule has 0 bridgehead atoms. The molecular formula is C16H20N2O2. The molecule has 4 nitrogen and oxygen atoms in total. The van der Waals surface area contributed by atoms with E-state index >= 15 is 0 Å². The minimum absolute atomic E-state index is 0.0244. The van der Waals surface area contributed by atoms with Crippen LogP contribution in [0.15, 0.2) is 18.2 Å². The highest BCUT2D eigenvalue weighted by atomic mass is 16.5. The van der Waals surface area contributed by atoms with Crippen molar-refractivity contribution in [2.45, 2.75) is 38.8 Å². The molecule has 1 unspecified atom stereocenters. The molecule has 1 heterocycles. The van der Waals surface area contributed by atoms with Crippen molar-refractivity contribution in [2.24, 2.45) is 0 Å². The Kier molecular flexibility index (Phi) is 4.75. The Balaban J connectivity index is 2.16. The van der Waals surface area contributed by atoms with Gasteiger partial charge in [0.05, 0.1) is 18.7 Å². The van der Waals surface area contributed by atoms with Crippen LogP contribution in [0.5, 0.6) is 5.75 Å². The van der Waals surface area contributed by atoms with Gasteiger partial charge in [-0.05, 0) is 44.0 Å². The van der Waals surface area contributed by atoms with Gasteiger partial charge in [-0.15, -0.1) is 0 Å². The number of likely N-dealkylation sites (tertiary alicyclic amines) is 1. The van der Waals surface area contributed by atoms with Crippen molar-refractivity contribution in [3.8, 4) is 11.8 Å². The van der Waals surface area contributed by atoms with Gasteiger partial charge in [-0.25, -0.2) is 0 Å².